The molecule has 0 radical (unpaired) electrons. The molecule has 0 fully saturated rings. The summed E-state index contributed by atoms with van der Waals surface area (Å²) in [5.41, 5.74) is 6.97. The van der Waals surface area contributed by atoms with Gasteiger partial charge in [0.2, 0.25) is 21.7 Å². The van der Waals surface area contributed by atoms with Crippen molar-refractivity contribution in [2.75, 3.05) is 0 Å². The molecule has 0 aliphatic carbocycles. The molecule has 10 nitrogen and oxygen atoms in total. The highest BCUT2D eigenvalue weighted by atomic mass is 32.2. The summed E-state index contributed by atoms with van der Waals surface area (Å²) in [5, 5.41) is 5.26. The Morgan fingerprint density at radius 2 is 1.92 bits per heavy atom. The third-order valence-electron chi connectivity index (χ3n) is 5.73. The lowest BCUT2D eigenvalue weighted by Gasteiger charge is -2.19. The van der Waals surface area contributed by atoms with Gasteiger partial charge in [0.1, 0.15) is 34.5 Å². The average Bonchev–Trinajstić information content (AvgIpc) is 3.29. The van der Waals surface area contributed by atoms with Crippen molar-refractivity contribution in [3.05, 3.63) is 95.6 Å². The van der Waals surface area contributed by atoms with Crippen LogP contribution in [0.2, 0.25) is 0 Å². The zero-order valence-electron chi connectivity index (χ0n) is 18.4. The lowest BCUT2D eigenvalue weighted by atomic mass is 9.95. The Balaban J connectivity index is 1.54. The zero-order valence-corrected chi connectivity index (χ0v) is 19.2. The number of halogens is 1. The van der Waals surface area contributed by atoms with E-state index in [2.05, 4.69) is 15.0 Å². The zero-order chi connectivity index (χ0) is 25.6. The molecule has 0 saturated carbocycles. The fourth-order valence-electron chi connectivity index (χ4n) is 4.03. The first-order valence-electron chi connectivity index (χ1n) is 10.5. The third kappa shape index (κ3) is 3.97. The number of ketones is 1. The summed E-state index contributed by atoms with van der Waals surface area (Å²) in [6.07, 6.45) is 5.24. The molecule has 2 aromatic carbocycles. The van der Waals surface area contributed by atoms with E-state index in [0.717, 1.165) is 12.3 Å². The number of hydrogen-bond donors (Lipinski definition) is 2. The molecule has 1 unspecified atom stereocenters. The number of aliphatic imine (C=N–C) groups is 1. The Kier molecular flexibility index (Phi) is 5.54. The molecule has 4 aromatic rings. The molecule has 36 heavy (non-hydrogen) atoms. The first kappa shape index (κ1) is 23.2. The molecule has 0 bridgehead atoms. The minimum atomic E-state index is -4.10. The van der Waals surface area contributed by atoms with E-state index in [1.165, 1.54) is 47.6 Å². The highest BCUT2D eigenvalue weighted by molar-refractivity contribution is 7.89. The smallest absolute Gasteiger partial charge is 0.248 e. The second-order valence-corrected chi connectivity index (χ2v) is 9.49. The number of nitrogens with two attached hydrogens (primary N) is 2. The van der Waals surface area contributed by atoms with E-state index in [4.69, 9.17) is 10.9 Å². The van der Waals surface area contributed by atoms with Crippen LogP contribution in [0.3, 0.4) is 0 Å². The number of hydrogen-bond acceptors (Lipinski definition) is 7. The minimum absolute atomic E-state index is 0.00417. The lowest BCUT2D eigenvalue weighted by Crippen LogP contribution is -2.21. The van der Waals surface area contributed by atoms with Crippen molar-refractivity contribution in [1.29, 1.82) is 0 Å². The molecule has 1 aliphatic heterocycles. The predicted molar refractivity (Wildman–Crippen MR) is 128 cm³/mol. The van der Waals surface area contributed by atoms with Crippen molar-refractivity contribution >= 4 is 27.9 Å². The van der Waals surface area contributed by atoms with Gasteiger partial charge in [0.15, 0.2) is 0 Å². The van der Waals surface area contributed by atoms with Gasteiger partial charge in [-0.05, 0) is 35.9 Å². The predicted octanol–water partition coefficient (Wildman–Crippen LogP) is 2.18. The third-order valence-corrected chi connectivity index (χ3v) is 6.67. The van der Waals surface area contributed by atoms with E-state index in [9.17, 15) is 18.0 Å². The topological polar surface area (TPSA) is 163 Å². The van der Waals surface area contributed by atoms with Crippen LogP contribution in [0.25, 0.3) is 16.8 Å². The number of nitrogens with zero attached hydrogens (tertiary/aromatic N) is 4. The number of primary amides is 1. The molecule has 1 atom stereocenters. The molecule has 180 valence electrons. The van der Waals surface area contributed by atoms with Crippen molar-refractivity contribution in [2.24, 2.45) is 15.9 Å². The van der Waals surface area contributed by atoms with Gasteiger partial charge in [-0.25, -0.2) is 22.9 Å². The summed E-state index contributed by atoms with van der Waals surface area (Å²) < 4.78 is 40.6. The first-order valence-corrected chi connectivity index (χ1v) is 12.0. The molecule has 5 rings (SSSR count). The van der Waals surface area contributed by atoms with Gasteiger partial charge in [-0.1, -0.05) is 18.2 Å². The number of Topliss-reactive ketones (excluding diaryl/α,β-unsaturated/α-hetero) is 1. The van der Waals surface area contributed by atoms with Crippen molar-refractivity contribution in [3.8, 4) is 16.8 Å². The normalized spacial score (nSPS) is 15.1. The molecule has 1 amide bonds. The van der Waals surface area contributed by atoms with E-state index < -0.39 is 33.6 Å². The summed E-state index contributed by atoms with van der Waals surface area (Å²) in [6.45, 7) is 0. The molecular weight excluding hydrogens is 487 g/mol. The fourth-order valence-corrected chi connectivity index (χ4v) is 4.73. The summed E-state index contributed by atoms with van der Waals surface area (Å²) in [5.74, 6) is -1.89. The van der Waals surface area contributed by atoms with Gasteiger partial charge in [0.25, 0.3) is 0 Å². The van der Waals surface area contributed by atoms with E-state index in [1.54, 1.807) is 18.2 Å². The number of benzene rings is 2. The van der Waals surface area contributed by atoms with Gasteiger partial charge in [0, 0.05) is 34.8 Å². The van der Waals surface area contributed by atoms with Crippen LogP contribution in [0.15, 0.2) is 77.1 Å². The number of aromatic nitrogens is 3. The number of carbonyl (C=O) groups is 2. The number of imidazole rings is 1. The Morgan fingerprint density at radius 3 is 2.64 bits per heavy atom. The van der Waals surface area contributed by atoms with Crippen LogP contribution in [0.4, 0.5) is 4.39 Å². The van der Waals surface area contributed by atoms with Crippen LogP contribution in [-0.2, 0) is 10.0 Å². The van der Waals surface area contributed by atoms with Crippen LogP contribution in [0.5, 0.6) is 0 Å². The van der Waals surface area contributed by atoms with Gasteiger partial charge >= 0.3 is 0 Å². The van der Waals surface area contributed by atoms with E-state index in [-0.39, 0.29) is 32.8 Å². The Bertz CT molecular complexity index is 1700. The van der Waals surface area contributed by atoms with Crippen LogP contribution >= 0.6 is 0 Å². The number of sulfonamides is 1. The van der Waals surface area contributed by atoms with Gasteiger partial charge in [-0.3, -0.25) is 24.1 Å². The Hall–Kier alpha value is -4.55. The van der Waals surface area contributed by atoms with E-state index in [0.29, 0.717) is 11.4 Å². The fraction of sp³-hybridized carbons (Fsp3) is 0.0417. The number of primary sulfonamides is 1. The summed E-state index contributed by atoms with van der Waals surface area (Å²) in [6, 6.07) is 10.5. The molecule has 1 aliphatic rings. The maximum absolute atomic E-state index is 15.3. The molecule has 12 heteroatoms. The standard InChI is InChI=1S/C24H17FN6O4S/c25-18-9-13(16-6-7-28-11-20(16)36(27,34)35)4-5-17(18)21-23(32)22-19(10-29-21)30-12-31(22)15-3-1-2-14(8-15)24(26)33/h1-12,21H,(H2,26,33)(H2,27,34,35). The second-order valence-electron chi connectivity index (χ2n) is 7.96. The Labute approximate surface area is 204 Å². The van der Waals surface area contributed by atoms with Crippen LogP contribution in [-0.4, -0.2) is 40.9 Å². The van der Waals surface area contributed by atoms with Gasteiger partial charge in [-0.15, -0.1) is 0 Å². The molecular formula is C24H17FN6O4S. The van der Waals surface area contributed by atoms with Crippen molar-refractivity contribution in [3.63, 3.8) is 0 Å². The number of fused-ring (bicyclic) bond motifs is 1. The quantitative estimate of drug-likeness (QED) is 0.423. The molecule has 3 heterocycles. The molecule has 2 aromatic heterocycles. The largest absolute Gasteiger partial charge is 0.366 e. The highest BCUT2D eigenvalue weighted by Gasteiger charge is 2.32. The first-order chi connectivity index (χ1) is 17.1. The molecule has 0 saturated heterocycles. The summed E-state index contributed by atoms with van der Waals surface area (Å²) >= 11 is 0. The highest BCUT2D eigenvalue weighted by Crippen LogP contribution is 2.33. The van der Waals surface area contributed by atoms with Crippen LogP contribution in [0.1, 0.15) is 38.1 Å². The van der Waals surface area contributed by atoms with Gasteiger partial charge in [0.05, 0.1) is 6.21 Å². The maximum Gasteiger partial charge on any atom is 0.248 e. The maximum atomic E-state index is 15.3. The summed E-state index contributed by atoms with van der Waals surface area (Å²) in [4.78, 5) is 37.0. The Morgan fingerprint density at radius 1 is 1.11 bits per heavy atom. The van der Waals surface area contributed by atoms with E-state index >= 15 is 4.39 Å². The van der Waals surface area contributed by atoms with Gasteiger partial charge in [-0.2, -0.15) is 0 Å². The van der Waals surface area contributed by atoms with Crippen LogP contribution < -0.4 is 10.9 Å². The van der Waals surface area contributed by atoms with Crippen molar-refractivity contribution in [2.45, 2.75) is 10.9 Å². The second kappa shape index (κ2) is 8.59. The monoisotopic (exact) mass is 504 g/mol. The SMILES string of the molecule is NC(=O)c1cccc(-n2cnc3c2C(=O)C(c2ccc(-c4ccncc4S(N)(=O)=O)cc2F)N=C3)c1. The van der Waals surface area contributed by atoms with Gasteiger partial charge < -0.3 is 5.73 Å². The van der Waals surface area contributed by atoms with Crippen molar-refractivity contribution < 1.29 is 22.4 Å². The lowest BCUT2D eigenvalue weighted by molar-refractivity contribution is 0.0951. The number of carbonyl (C=O) groups excluding carboxylic acids is 2. The molecule has 4 N–H and O–H groups in total. The van der Waals surface area contributed by atoms with E-state index in [1.807, 2.05) is 0 Å². The number of amides is 1. The average molecular weight is 505 g/mol. The summed E-state index contributed by atoms with van der Waals surface area (Å²) in [7, 11) is -4.10. The molecule has 0 spiro atoms. The van der Waals surface area contributed by atoms with Crippen LogP contribution in [0, 0.1) is 5.82 Å². The van der Waals surface area contributed by atoms with Crippen molar-refractivity contribution in [1.82, 2.24) is 14.5 Å². The number of pyridine rings is 1. The minimum Gasteiger partial charge on any atom is -0.366 e. The number of rotatable bonds is 5.